The van der Waals surface area contributed by atoms with Crippen molar-refractivity contribution in [1.82, 2.24) is 5.32 Å². The van der Waals surface area contributed by atoms with Gasteiger partial charge in [0.1, 0.15) is 6.04 Å². The van der Waals surface area contributed by atoms with E-state index < -0.39 is 17.9 Å². The van der Waals surface area contributed by atoms with Crippen LogP contribution >= 0.6 is 0 Å². The molecule has 1 unspecified atom stereocenters. The van der Waals surface area contributed by atoms with Gasteiger partial charge in [-0.25, -0.2) is 4.79 Å². The van der Waals surface area contributed by atoms with Gasteiger partial charge in [0.2, 0.25) is 5.91 Å². The van der Waals surface area contributed by atoms with Crippen molar-refractivity contribution >= 4 is 23.5 Å². The molecule has 1 heterocycles. The summed E-state index contributed by atoms with van der Waals surface area (Å²) in [5.41, 5.74) is 1.44. The predicted octanol–water partition coefficient (Wildman–Crippen LogP) is 2.77. The molecule has 2 amide bonds. The summed E-state index contributed by atoms with van der Waals surface area (Å²) in [5.74, 6) is -1.36. The number of furan rings is 1. The van der Waals surface area contributed by atoms with Gasteiger partial charge in [-0.1, -0.05) is 19.9 Å². The van der Waals surface area contributed by atoms with Gasteiger partial charge in [-0.3, -0.25) is 9.59 Å². The second-order valence-electron chi connectivity index (χ2n) is 6.13. The smallest absolute Gasteiger partial charge is 0.338 e. The number of benzene rings is 1. The number of amides is 2. The van der Waals surface area contributed by atoms with Gasteiger partial charge >= 0.3 is 5.97 Å². The highest BCUT2D eigenvalue weighted by Gasteiger charge is 2.26. The number of hydrogen-bond acceptors (Lipinski definition) is 5. The van der Waals surface area contributed by atoms with Crippen LogP contribution in [0.15, 0.2) is 41.0 Å². The van der Waals surface area contributed by atoms with Gasteiger partial charge in [0.15, 0.2) is 5.76 Å². The van der Waals surface area contributed by atoms with Crippen molar-refractivity contribution in [2.75, 3.05) is 12.4 Å². The molecule has 26 heavy (non-hydrogen) atoms. The Bertz CT molecular complexity index is 796. The number of ether oxygens (including phenoxy) is 1. The van der Waals surface area contributed by atoms with Crippen molar-refractivity contribution in [3.63, 3.8) is 0 Å². The molecule has 2 rings (SSSR count). The third kappa shape index (κ3) is 4.30. The largest absolute Gasteiger partial charge is 0.465 e. The Morgan fingerprint density at radius 1 is 1.12 bits per heavy atom. The minimum atomic E-state index is -0.770. The topological polar surface area (TPSA) is 97.6 Å². The van der Waals surface area contributed by atoms with E-state index in [4.69, 9.17) is 9.15 Å². The standard InChI is InChI=1S/C19H22N2O5/c1-11(2)16(21-17(22)15-9-6-10-26-15)18(23)20-14-8-5-7-13(12(14)3)19(24)25-4/h5-11,16H,1-4H3,(H,20,23)(H,21,22). The highest BCUT2D eigenvalue weighted by Crippen LogP contribution is 2.20. The maximum absolute atomic E-state index is 12.7. The van der Waals surface area contributed by atoms with Crippen LogP contribution in [0.1, 0.15) is 40.3 Å². The molecule has 0 aliphatic heterocycles. The Kier molecular flexibility index (Phi) is 6.16. The second-order valence-corrected chi connectivity index (χ2v) is 6.13. The Morgan fingerprint density at radius 2 is 1.85 bits per heavy atom. The van der Waals surface area contributed by atoms with Gasteiger partial charge in [-0.2, -0.15) is 0 Å². The number of hydrogen-bond donors (Lipinski definition) is 2. The number of anilines is 1. The molecule has 0 saturated heterocycles. The highest BCUT2D eigenvalue weighted by atomic mass is 16.5. The van der Waals surface area contributed by atoms with E-state index in [1.807, 2.05) is 13.8 Å². The van der Waals surface area contributed by atoms with E-state index in [1.54, 1.807) is 31.2 Å². The minimum absolute atomic E-state index is 0.132. The van der Waals surface area contributed by atoms with Crippen molar-refractivity contribution in [3.05, 3.63) is 53.5 Å². The summed E-state index contributed by atoms with van der Waals surface area (Å²) in [7, 11) is 1.30. The van der Waals surface area contributed by atoms with Crippen molar-refractivity contribution in [1.29, 1.82) is 0 Å². The van der Waals surface area contributed by atoms with E-state index in [2.05, 4.69) is 10.6 Å². The van der Waals surface area contributed by atoms with Crippen molar-refractivity contribution in [3.8, 4) is 0 Å². The predicted molar refractivity (Wildman–Crippen MR) is 95.9 cm³/mol. The summed E-state index contributed by atoms with van der Waals surface area (Å²) in [4.78, 5) is 36.7. The van der Waals surface area contributed by atoms with Gasteiger partial charge in [0.05, 0.1) is 18.9 Å². The zero-order valence-corrected chi connectivity index (χ0v) is 15.2. The average Bonchev–Trinajstić information content (AvgIpc) is 3.15. The third-order valence-electron chi connectivity index (χ3n) is 3.98. The molecule has 0 aliphatic rings. The monoisotopic (exact) mass is 358 g/mol. The molecule has 138 valence electrons. The lowest BCUT2D eigenvalue weighted by Crippen LogP contribution is -2.47. The number of carbonyl (C=O) groups excluding carboxylic acids is 3. The van der Waals surface area contributed by atoms with E-state index in [0.29, 0.717) is 16.8 Å². The van der Waals surface area contributed by atoms with E-state index >= 15 is 0 Å². The fourth-order valence-electron chi connectivity index (χ4n) is 2.47. The number of methoxy groups -OCH3 is 1. The van der Waals surface area contributed by atoms with Gasteiger partial charge in [0, 0.05) is 5.69 Å². The minimum Gasteiger partial charge on any atom is -0.465 e. The molecule has 7 nitrogen and oxygen atoms in total. The van der Waals surface area contributed by atoms with Crippen LogP contribution in [0.5, 0.6) is 0 Å². The molecule has 0 spiro atoms. The average molecular weight is 358 g/mol. The highest BCUT2D eigenvalue weighted by molar-refractivity contribution is 6.01. The van der Waals surface area contributed by atoms with Crippen LogP contribution < -0.4 is 10.6 Å². The molecule has 0 saturated carbocycles. The summed E-state index contributed by atoms with van der Waals surface area (Å²) in [6.45, 7) is 5.36. The van der Waals surface area contributed by atoms with Crippen LogP contribution in [0.25, 0.3) is 0 Å². The fourth-order valence-corrected chi connectivity index (χ4v) is 2.47. The SMILES string of the molecule is COC(=O)c1cccc(NC(=O)C(NC(=O)c2ccco2)C(C)C)c1C. The molecule has 0 radical (unpaired) electrons. The van der Waals surface area contributed by atoms with Gasteiger partial charge in [0.25, 0.3) is 5.91 Å². The molecule has 1 atom stereocenters. The van der Waals surface area contributed by atoms with Crippen LogP contribution in [0.4, 0.5) is 5.69 Å². The molecule has 2 aromatic rings. The summed E-state index contributed by atoms with van der Waals surface area (Å²) >= 11 is 0. The number of nitrogens with one attached hydrogen (secondary N) is 2. The second kappa shape index (κ2) is 8.33. The molecule has 2 N–H and O–H groups in total. The Hall–Kier alpha value is -3.09. The number of carbonyl (C=O) groups is 3. The molecular formula is C19H22N2O5. The molecule has 0 aliphatic carbocycles. The third-order valence-corrected chi connectivity index (χ3v) is 3.98. The van der Waals surface area contributed by atoms with Crippen LogP contribution in [0.2, 0.25) is 0 Å². The Balaban J connectivity index is 2.18. The Morgan fingerprint density at radius 3 is 2.42 bits per heavy atom. The maximum Gasteiger partial charge on any atom is 0.338 e. The van der Waals surface area contributed by atoms with Crippen molar-refractivity contribution in [2.45, 2.75) is 26.8 Å². The van der Waals surface area contributed by atoms with E-state index in [9.17, 15) is 14.4 Å². The zero-order valence-electron chi connectivity index (χ0n) is 15.2. The first-order chi connectivity index (χ1) is 12.3. The summed E-state index contributed by atoms with van der Waals surface area (Å²) in [6.07, 6.45) is 1.39. The first kappa shape index (κ1) is 19.2. The fraction of sp³-hybridized carbons (Fsp3) is 0.316. The van der Waals surface area contributed by atoms with E-state index in [-0.39, 0.29) is 17.6 Å². The Labute approximate surface area is 151 Å². The zero-order chi connectivity index (χ0) is 19.3. The van der Waals surface area contributed by atoms with Crippen molar-refractivity contribution < 1.29 is 23.5 Å². The number of esters is 1. The van der Waals surface area contributed by atoms with Crippen LogP contribution in [-0.2, 0) is 9.53 Å². The first-order valence-electron chi connectivity index (χ1n) is 8.18. The molecule has 1 aromatic carbocycles. The van der Waals surface area contributed by atoms with Gasteiger partial charge < -0.3 is 19.8 Å². The van der Waals surface area contributed by atoms with Crippen LogP contribution in [-0.4, -0.2) is 30.9 Å². The van der Waals surface area contributed by atoms with E-state index in [1.165, 1.54) is 19.4 Å². The molecule has 0 fully saturated rings. The lowest BCUT2D eigenvalue weighted by Gasteiger charge is -2.22. The quantitative estimate of drug-likeness (QED) is 0.774. The molecule has 0 bridgehead atoms. The lowest BCUT2D eigenvalue weighted by atomic mass is 10.0. The lowest BCUT2D eigenvalue weighted by molar-refractivity contribution is -0.118. The normalized spacial score (nSPS) is 11.7. The summed E-state index contributed by atoms with van der Waals surface area (Å²) in [6, 6.07) is 7.31. The molecule has 7 heteroatoms. The summed E-state index contributed by atoms with van der Waals surface area (Å²) < 4.78 is 9.79. The van der Waals surface area contributed by atoms with E-state index in [0.717, 1.165) is 0 Å². The summed E-state index contributed by atoms with van der Waals surface area (Å²) in [5, 5.41) is 5.44. The molecule has 1 aromatic heterocycles. The van der Waals surface area contributed by atoms with Gasteiger partial charge in [-0.05, 0) is 42.7 Å². The maximum atomic E-state index is 12.7. The number of rotatable bonds is 6. The van der Waals surface area contributed by atoms with Crippen LogP contribution in [0, 0.1) is 12.8 Å². The van der Waals surface area contributed by atoms with Crippen molar-refractivity contribution in [2.24, 2.45) is 5.92 Å². The first-order valence-corrected chi connectivity index (χ1v) is 8.18. The van der Waals surface area contributed by atoms with Gasteiger partial charge in [-0.15, -0.1) is 0 Å². The van der Waals surface area contributed by atoms with Crippen LogP contribution in [0.3, 0.4) is 0 Å². The molecular weight excluding hydrogens is 336 g/mol.